The monoisotopic (exact) mass is 306 g/mol. The van der Waals surface area contributed by atoms with Crippen LogP contribution >= 0.6 is 0 Å². The molecule has 7 nitrogen and oxygen atoms in total. The molecular weight excluding hydrogens is 280 g/mol. The van der Waals surface area contributed by atoms with E-state index in [1.54, 1.807) is 0 Å². The van der Waals surface area contributed by atoms with E-state index < -0.39 is 37.4 Å². The summed E-state index contributed by atoms with van der Waals surface area (Å²) in [5.41, 5.74) is 0. The predicted octanol–water partition coefficient (Wildman–Crippen LogP) is 0.147. The van der Waals surface area contributed by atoms with E-state index in [0.29, 0.717) is 0 Å². The first kappa shape index (κ1) is 20.0. The fourth-order valence-electron chi connectivity index (χ4n) is 1.61. The molecule has 0 aliphatic carbocycles. The van der Waals surface area contributed by atoms with Gasteiger partial charge in [-0.2, -0.15) is 0 Å². The van der Waals surface area contributed by atoms with E-state index in [2.05, 4.69) is 11.7 Å². The highest BCUT2D eigenvalue weighted by atomic mass is 16.6. The van der Waals surface area contributed by atoms with Crippen molar-refractivity contribution in [3.8, 4) is 0 Å². The highest BCUT2D eigenvalue weighted by Gasteiger charge is 2.26. The minimum Gasteiger partial charge on any atom is -0.393 e. The molecule has 0 saturated heterocycles. The molecule has 0 saturated carbocycles. The number of aliphatic hydroxyl groups excluding tert-OH is 3. The molecular formula is C14H26O7. The number of esters is 2. The van der Waals surface area contributed by atoms with Crippen LogP contribution in [0, 0.1) is 0 Å². The second-order valence-electron chi connectivity index (χ2n) is 4.75. The molecule has 0 spiro atoms. The van der Waals surface area contributed by atoms with Gasteiger partial charge in [0.1, 0.15) is 0 Å². The lowest BCUT2D eigenvalue weighted by molar-refractivity contribution is -0.175. The molecule has 3 N–H and O–H groups in total. The molecule has 0 amide bonds. The van der Waals surface area contributed by atoms with Gasteiger partial charge in [0, 0.05) is 6.61 Å². The van der Waals surface area contributed by atoms with E-state index in [0.717, 1.165) is 25.7 Å². The zero-order valence-corrected chi connectivity index (χ0v) is 12.5. The van der Waals surface area contributed by atoms with E-state index in [9.17, 15) is 9.59 Å². The molecule has 0 rings (SSSR count). The first-order chi connectivity index (χ1) is 10.1. The lowest BCUT2D eigenvalue weighted by Crippen LogP contribution is -2.36. The third-order valence-electron chi connectivity index (χ3n) is 2.89. The number of carbonyl (C=O) groups excluding carboxylic acids is 2. The van der Waals surface area contributed by atoms with Crippen molar-refractivity contribution in [3.63, 3.8) is 0 Å². The Morgan fingerprint density at radius 2 is 1.57 bits per heavy atom. The summed E-state index contributed by atoms with van der Waals surface area (Å²) in [6.07, 6.45) is 3.31. The van der Waals surface area contributed by atoms with Crippen molar-refractivity contribution in [2.75, 3.05) is 19.8 Å². The number of hydrogen-bond donors (Lipinski definition) is 3. The van der Waals surface area contributed by atoms with Crippen LogP contribution in [0.25, 0.3) is 0 Å². The molecule has 0 radical (unpaired) electrons. The average molecular weight is 306 g/mol. The van der Waals surface area contributed by atoms with E-state index >= 15 is 0 Å². The maximum Gasteiger partial charge on any atom is 0.345 e. The van der Waals surface area contributed by atoms with E-state index in [1.165, 1.54) is 12.8 Å². The number of rotatable bonds is 12. The van der Waals surface area contributed by atoms with Crippen LogP contribution in [0.1, 0.15) is 45.4 Å². The smallest absolute Gasteiger partial charge is 0.345 e. The molecule has 0 aliphatic rings. The van der Waals surface area contributed by atoms with Crippen molar-refractivity contribution in [3.05, 3.63) is 0 Å². The van der Waals surface area contributed by atoms with Gasteiger partial charge in [-0.15, -0.1) is 0 Å². The molecule has 124 valence electrons. The minimum absolute atomic E-state index is 0.281. The Bertz CT molecular complexity index is 293. The molecule has 0 aromatic carbocycles. The molecule has 2 atom stereocenters. The van der Waals surface area contributed by atoms with Gasteiger partial charge in [-0.25, -0.2) is 9.59 Å². The van der Waals surface area contributed by atoms with Crippen molar-refractivity contribution < 1.29 is 34.4 Å². The summed E-state index contributed by atoms with van der Waals surface area (Å²) in [5, 5.41) is 26.5. The van der Waals surface area contributed by atoms with Crippen LogP contribution in [0.15, 0.2) is 0 Å². The minimum atomic E-state index is -1.77. The van der Waals surface area contributed by atoms with Crippen LogP contribution in [-0.2, 0) is 19.1 Å². The Kier molecular flexibility index (Phi) is 12.1. The average Bonchev–Trinajstić information content (AvgIpc) is 2.48. The quantitative estimate of drug-likeness (QED) is 0.267. The van der Waals surface area contributed by atoms with Crippen molar-refractivity contribution in [1.82, 2.24) is 0 Å². The van der Waals surface area contributed by atoms with Gasteiger partial charge in [0.15, 0.2) is 12.2 Å². The van der Waals surface area contributed by atoms with E-state index in [-0.39, 0.29) is 6.61 Å². The molecule has 2 unspecified atom stereocenters. The Morgan fingerprint density at radius 3 is 2.14 bits per heavy atom. The topological polar surface area (TPSA) is 113 Å². The summed E-state index contributed by atoms with van der Waals surface area (Å²) in [4.78, 5) is 22.6. The standard InChI is InChI=1S/C14H26O7/c1-2-3-4-5-6-7-8-20-12(10-16)14(19)21-13(18)11(17)9-15/h11-12,15-17H,2-10H2,1H3. The highest BCUT2D eigenvalue weighted by Crippen LogP contribution is 2.06. The molecule has 0 aliphatic heterocycles. The van der Waals surface area contributed by atoms with Crippen molar-refractivity contribution in [1.29, 1.82) is 0 Å². The molecule has 0 aromatic rings. The van der Waals surface area contributed by atoms with Gasteiger partial charge < -0.3 is 24.8 Å². The van der Waals surface area contributed by atoms with Crippen molar-refractivity contribution in [2.24, 2.45) is 0 Å². The van der Waals surface area contributed by atoms with Gasteiger partial charge in [-0.1, -0.05) is 39.0 Å². The maximum atomic E-state index is 11.5. The van der Waals surface area contributed by atoms with Crippen LogP contribution in [0.5, 0.6) is 0 Å². The highest BCUT2D eigenvalue weighted by molar-refractivity contribution is 5.89. The Balaban J connectivity index is 3.88. The molecule has 0 aromatic heterocycles. The summed E-state index contributed by atoms with van der Waals surface area (Å²) in [6.45, 7) is 0.963. The summed E-state index contributed by atoms with van der Waals surface area (Å²) in [7, 11) is 0. The third-order valence-corrected chi connectivity index (χ3v) is 2.89. The van der Waals surface area contributed by atoms with Crippen molar-refractivity contribution >= 4 is 11.9 Å². The fourth-order valence-corrected chi connectivity index (χ4v) is 1.61. The Labute approximate surface area is 124 Å². The molecule has 0 fully saturated rings. The van der Waals surface area contributed by atoms with Gasteiger partial charge in [-0.05, 0) is 6.42 Å². The second-order valence-corrected chi connectivity index (χ2v) is 4.75. The number of unbranched alkanes of at least 4 members (excludes halogenated alkanes) is 5. The van der Waals surface area contributed by atoms with E-state index in [1.807, 2.05) is 0 Å². The Hall–Kier alpha value is -1.02. The molecule has 0 heterocycles. The third kappa shape index (κ3) is 9.52. The van der Waals surface area contributed by atoms with Crippen LogP contribution in [0.2, 0.25) is 0 Å². The second kappa shape index (κ2) is 12.7. The zero-order chi connectivity index (χ0) is 16.1. The van der Waals surface area contributed by atoms with Crippen LogP contribution < -0.4 is 0 Å². The lowest BCUT2D eigenvalue weighted by atomic mass is 10.1. The predicted molar refractivity (Wildman–Crippen MR) is 74.4 cm³/mol. The molecule has 7 heteroatoms. The fraction of sp³-hybridized carbons (Fsp3) is 0.857. The first-order valence-corrected chi connectivity index (χ1v) is 7.33. The SMILES string of the molecule is CCCCCCCCOC(CO)C(=O)OC(=O)C(O)CO. The summed E-state index contributed by atoms with van der Waals surface area (Å²) in [6, 6.07) is 0. The van der Waals surface area contributed by atoms with Crippen LogP contribution in [0.3, 0.4) is 0 Å². The number of hydrogen-bond acceptors (Lipinski definition) is 7. The zero-order valence-electron chi connectivity index (χ0n) is 12.5. The van der Waals surface area contributed by atoms with Gasteiger partial charge in [0.2, 0.25) is 0 Å². The van der Waals surface area contributed by atoms with Crippen molar-refractivity contribution in [2.45, 2.75) is 57.7 Å². The van der Waals surface area contributed by atoms with E-state index in [4.69, 9.17) is 20.1 Å². The number of ether oxygens (including phenoxy) is 2. The maximum absolute atomic E-state index is 11.5. The number of aliphatic hydroxyl groups is 3. The van der Waals surface area contributed by atoms with Gasteiger partial charge in [-0.3, -0.25) is 0 Å². The summed E-state index contributed by atoms with van der Waals surface area (Å²) < 4.78 is 9.45. The molecule has 21 heavy (non-hydrogen) atoms. The normalized spacial score (nSPS) is 13.7. The van der Waals surface area contributed by atoms with Gasteiger partial charge >= 0.3 is 11.9 Å². The van der Waals surface area contributed by atoms with Gasteiger partial charge in [0.05, 0.1) is 13.2 Å². The lowest BCUT2D eigenvalue weighted by Gasteiger charge is -2.14. The molecule has 0 bridgehead atoms. The summed E-state index contributed by atoms with van der Waals surface area (Å²) >= 11 is 0. The first-order valence-electron chi connectivity index (χ1n) is 7.33. The van der Waals surface area contributed by atoms with Crippen LogP contribution in [-0.4, -0.2) is 59.3 Å². The van der Waals surface area contributed by atoms with Gasteiger partial charge in [0.25, 0.3) is 0 Å². The Morgan fingerprint density at radius 1 is 0.952 bits per heavy atom. The summed E-state index contributed by atoms with van der Waals surface area (Å²) in [5.74, 6) is -2.33. The largest absolute Gasteiger partial charge is 0.393 e. The van der Waals surface area contributed by atoms with Crippen LogP contribution in [0.4, 0.5) is 0 Å². The number of carbonyl (C=O) groups is 2.